The molecule has 1 aromatic carbocycles. The Labute approximate surface area is 134 Å². The highest BCUT2D eigenvalue weighted by Crippen LogP contribution is 2.30. The number of aryl methyl sites for hydroxylation is 1. The van der Waals surface area contributed by atoms with Gasteiger partial charge < -0.3 is 4.57 Å². The van der Waals surface area contributed by atoms with Crippen LogP contribution in [-0.2, 0) is 7.05 Å². The van der Waals surface area contributed by atoms with Crippen LogP contribution in [0.15, 0.2) is 49.4 Å². The zero-order valence-electron chi connectivity index (χ0n) is 12.4. The SMILES string of the molecule is C=C(C)c1cc(Cl)ncc1-c1ccc(-c2nncn2C)cc1. The summed E-state index contributed by atoms with van der Waals surface area (Å²) < 4.78 is 1.89. The maximum absolute atomic E-state index is 5.99. The van der Waals surface area contributed by atoms with E-state index in [9.17, 15) is 0 Å². The van der Waals surface area contributed by atoms with E-state index in [1.165, 1.54) is 0 Å². The van der Waals surface area contributed by atoms with Crippen LogP contribution >= 0.6 is 11.6 Å². The van der Waals surface area contributed by atoms with Gasteiger partial charge in [0.1, 0.15) is 11.5 Å². The number of hydrogen-bond acceptors (Lipinski definition) is 3. The Hall–Kier alpha value is -2.46. The van der Waals surface area contributed by atoms with Crippen LogP contribution in [0.2, 0.25) is 5.15 Å². The monoisotopic (exact) mass is 310 g/mol. The van der Waals surface area contributed by atoms with Crippen LogP contribution in [0.25, 0.3) is 28.1 Å². The molecule has 0 fully saturated rings. The second-order valence-electron chi connectivity index (χ2n) is 5.18. The first kappa shape index (κ1) is 14.5. The average molecular weight is 311 g/mol. The van der Waals surface area contributed by atoms with Gasteiger partial charge in [-0.2, -0.15) is 0 Å². The first-order valence-corrected chi connectivity index (χ1v) is 7.20. The van der Waals surface area contributed by atoms with E-state index in [4.69, 9.17) is 11.6 Å². The van der Waals surface area contributed by atoms with Gasteiger partial charge in [0, 0.05) is 24.4 Å². The molecule has 2 heterocycles. The lowest BCUT2D eigenvalue weighted by atomic mass is 9.97. The largest absolute Gasteiger partial charge is 0.317 e. The maximum atomic E-state index is 5.99. The van der Waals surface area contributed by atoms with E-state index >= 15 is 0 Å². The smallest absolute Gasteiger partial charge is 0.163 e. The molecule has 3 aromatic rings. The molecule has 0 saturated carbocycles. The van der Waals surface area contributed by atoms with Crippen molar-refractivity contribution in [2.75, 3.05) is 0 Å². The first-order chi connectivity index (χ1) is 10.6. The Morgan fingerprint density at radius 3 is 2.45 bits per heavy atom. The maximum Gasteiger partial charge on any atom is 0.163 e. The van der Waals surface area contributed by atoms with E-state index < -0.39 is 0 Å². The molecular formula is C17H15ClN4. The second-order valence-corrected chi connectivity index (χ2v) is 5.56. The van der Waals surface area contributed by atoms with Gasteiger partial charge in [0.25, 0.3) is 0 Å². The van der Waals surface area contributed by atoms with Gasteiger partial charge >= 0.3 is 0 Å². The summed E-state index contributed by atoms with van der Waals surface area (Å²) in [6.07, 6.45) is 3.47. The molecule has 0 aliphatic carbocycles. The Balaban J connectivity index is 2.04. The van der Waals surface area contributed by atoms with Crippen molar-refractivity contribution in [3.05, 3.63) is 60.2 Å². The van der Waals surface area contributed by atoms with Crippen LogP contribution in [0.5, 0.6) is 0 Å². The second kappa shape index (κ2) is 5.73. The Bertz CT molecular complexity index is 834. The minimum atomic E-state index is 0.470. The minimum absolute atomic E-state index is 0.470. The van der Waals surface area contributed by atoms with Crippen molar-refractivity contribution >= 4 is 17.2 Å². The lowest BCUT2D eigenvalue weighted by Gasteiger charge is -2.10. The van der Waals surface area contributed by atoms with E-state index in [-0.39, 0.29) is 0 Å². The predicted molar refractivity (Wildman–Crippen MR) is 89.4 cm³/mol. The lowest BCUT2D eigenvalue weighted by molar-refractivity contribution is 0.920. The number of pyridine rings is 1. The summed E-state index contributed by atoms with van der Waals surface area (Å²) in [6.45, 7) is 5.98. The van der Waals surface area contributed by atoms with Crippen molar-refractivity contribution in [1.29, 1.82) is 0 Å². The Kier molecular flexibility index (Phi) is 3.77. The number of rotatable bonds is 3. The number of nitrogens with zero attached hydrogens (tertiary/aromatic N) is 4. The highest BCUT2D eigenvalue weighted by molar-refractivity contribution is 6.29. The molecule has 0 spiro atoms. The zero-order chi connectivity index (χ0) is 15.7. The molecule has 5 heteroatoms. The van der Waals surface area contributed by atoms with Gasteiger partial charge in [0.2, 0.25) is 0 Å². The molecule has 0 aliphatic rings. The van der Waals surface area contributed by atoms with Crippen LogP contribution < -0.4 is 0 Å². The fourth-order valence-corrected chi connectivity index (χ4v) is 2.51. The summed E-state index contributed by atoms with van der Waals surface area (Å²) in [7, 11) is 1.92. The van der Waals surface area contributed by atoms with Crippen LogP contribution in [0.3, 0.4) is 0 Å². The van der Waals surface area contributed by atoms with Gasteiger partial charge in [0.05, 0.1) is 0 Å². The fraction of sp³-hybridized carbons (Fsp3) is 0.118. The average Bonchev–Trinajstić information content (AvgIpc) is 2.93. The third-order valence-corrected chi connectivity index (χ3v) is 3.70. The molecule has 2 aromatic heterocycles. The van der Waals surface area contributed by atoms with Gasteiger partial charge in [-0.15, -0.1) is 10.2 Å². The van der Waals surface area contributed by atoms with Gasteiger partial charge in [0.15, 0.2) is 5.82 Å². The van der Waals surface area contributed by atoms with Crippen LogP contribution in [0, 0.1) is 0 Å². The van der Waals surface area contributed by atoms with Crippen molar-refractivity contribution in [3.8, 4) is 22.5 Å². The molecule has 0 unspecified atom stereocenters. The third-order valence-electron chi connectivity index (χ3n) is 3.50. The third kappa shape index (κ3) is 2.65. The molecule has 0 radical (unpaired) electrons. The summed E-state index contributed by atoms with van der Waals surface area (Å²) in [5, 5.41) is 8.49. The van der Waals surface area contributed by atoms with Crippen molar-refractivity contribution in [3.63, 3.8) is 0 Å². The van der Waals surface area contributed by atoms with E-state index in [0.717, 1.165) is 33.7 Å². The molecule has 0 saturated heterocycles. The predicted octanol–water partition coefficient (Wildman–Crippen LogP) is 4.23. The zero-order valence-corrected chi connectivity index (χ0v) is 13.2. The van der Waals surface area contributed by atoms with Crippen molar-refractivity contribution in [2.24, 2.45) is 7.05 Å². The number of hydrogen-bond donors (Lipinski definition) is 0. The molecule has 3 rings (SSSR count). The molecular weight excluding hydrogens is 296 g/mol. The van der Waals surface area contributed by atoms with Crippen molar-refractivity contribution < 1.29 is 0 Å². The molecule has 0 N–H and O–H groups in total. The van der Waals surface area contributed by atoms with Crippen LogP contribution in [0.4, 0.5) is 0 Å². The fourth-order valence-electron chi connectivity index (χ4n) is 2.36. The standard InChI is InChI=1S/C17H15ClN4/c1-11(2)14-8-16(18)19-9-15(14)12-4-6-13(7-5-12)17-21-20-10-22(17)3/h4-10H,1H2,2-3H3. The molecule has 4 nitrogen and oxygen atoms in total. The summed E-state index contributed by atoms with van der Waals surface area (Å²) in [5.74, 6) is 0.834. The highest BCUT2D eigenvalue weighted by Gasteiger charge is 2.09. The van der Waals surface area contributed by atoms with Gasteiger partial charge in [-0.05, 0) is 24.1 Å². The normalized spacial score (nSPS) is 10.7. The molecule has 0 aliphatic heterocycles. The van der Waals surface area contributed by atoms with Crippen LogP contribution in [-0.4, -0.2) is 19.7 Å². The quantitative estimate of drug-likeness (QED) is 0.680. The number of benzene rings is 1. The van der Waals surface area contributed by atoms with Crippen molar-refractivity contribution in [2.45, 2.75) is 6.92 Å². The first-order valence-electron chi connectivity index (χ1n) is 6.82. The molecule has 22 heavy (non-hydrogen) atoms. The summed E-state index contributed by atoms with van der Waals surface area (Å²) in [5.41, 5.74) is 5.06. The minimum Gasteiger partial charge on any atom is -0.317 e. The van der Waals surface area contributed by atoms with E-state index in [1.54, 1.807) is 12.5 Å². The Morgan fingerprint density at radius 2 is 1.86 bits per heavy atom. The number of halogens is 1. The lowest BCUT2D eigenvalue weighted by Crippen LogP contribution is -1.92. The van der Waals surface area contributed by atoms with Crippen molar-refractivity contribution in [1.82, 2.24) is 19.7 Å². The molecule has 0 amide bonds. The topological polar surface area (TPSA) is 43.6 Å². The van der Waals surface area contributed by atoms with Crippen LogP contribution in [0.1, 0.15) is 12.5 Å². The number of allylic oxidation sites excluding steroid dienone is 1. The van der Waals surface area contributed by atoms with E-state index in [0.29, 0.717) is 5.15 Å². The summed E-state index contributed by atoms with van der Waals surface area (Å²) >= 11 is 5.99. The summed E-state index contributed by atoms with van der Waals surface area (Å²) in [4.78, 5) is 4.18. The highest BCUT2D eigenvalue weighted by atomic mass is 35.5. The van der Waals surface area contributed by atoms with E-state index in [1.807, 2.05) is 48.9 Å². The van der Waals surface area contributed by atoms with E-state index in [2.05, 4.69) is 21.8 Å². The van der Waals surface area contributed by atoms with Gasteiger partial charge in [-0.1, -0.05) is 48.0 Å². The molecule has 0 bridgehead atoms. The number of aromatic nitrogens is 4. The Morgan fingerprint density at radius 1 is 1.18 bits per heavy atom. The molecule has 0 atom stereocenters. The van der Waals surface area contributed by atoms with Gasteiger partial charge in [-0.3, -0.25) is 0 Å². The summed E-state index contributed by atoms with van der Waals surface area (Å²) in [6, 6.07) is 9.98. The van der Waals surface area contributed by atoms with Gasteiger partial charge in [-0.25, -0.2) is 4.98 Å². The molecule has 110 valence electrons.